The topological polar surface area (TPSA) is 58.6 Å². The average Bonchev–Trinajstić information content (AvgIpc) is 2.73. The summed E-state index contributed by atoms with van der Waals surface area (Å²) < 4.78 is 5.71. The molecule has 5 nitrogen and oxygen atoms in total. The minimum absolute atomic E-state index is 0.146. The zero-order chi connectivity index (χ0) is 21.9. The van der Waals surface area contributed by atoms with Gasteiger partial charge in [0.15, 0.2) is 6.61 Å². The maximum Gasteiger partial charge on any atom is 0.261 e. The number of halogens is 1. The van der Waals surface area contributed by atoms with Crippen molar-refractivity contribution in [1.82, 2.24) is 10.2 Å². The Bertz CT molecular complexity index is 841. The number of carbonyl (C=O) groups is 2. The van der Waals surface area contributed by atoms with Gasteiger partial charge in [-0.1, -0.05) is 62.2 Å². The molecular formula is C24H31ClN2O3. The summed E-state index contributed by atoms with van der Waals surface area (Å²) in [5.41, 5.74) is 1.84. The molecule has 2 rings (SSSR count). The van der Waals surface area contributed by atoms with Crippen molar-refractivity contribution in [3.8, 4) is 5.75 Å². The third-order valence-corrected chi connectivity index (χ3v) is 5.23. The van der Waals surface area contributed by atoms with Gasteiger partial charge in [0.2, 0.25) is 5.91 Å². The van der Waals surface area contributed by atoms with Gasteiger partial charge >= 0.3 is 0 Å². The van der Waals surface area contributed by atoms with E-state index in [1.165, 1.54) is 0 Å². The first-order valence-corrected chi connectivity index (χ1v) is 10.8. The van der Waals surface area contributed by atoms with E-state index in [0.29, 0.717) is 23.7 Å². The highest BCUT2D eigenvalue weighted by Crippen LogP contribution is 2.20. The minimum atomic E-state index is -0.591. The van der Waals surface area contributed by atoms with Crippen LogP contribution in [0.4, 0.5) is 0 Å². The van der Waals surface area contributed by atoms with E-state index in [1.54, 1.807) is 11.0 Å². The molecule has 0 fully saturated rings. The molecule has 0 spiro atoms. The first-order valence-electron chi connectivity index (χ1n) is 10.5. The van der Waals surface area contributed by atoms with Crippen LogP contribution in [-0.4, -0.2) is 35.9 Å². The van der Waals surface area contributed by atoms with Crippen LogP contribution in [0.3, 0.4) is 0 Å². The summed E-state index contributed by atoms with van der Waals surface area (Å²) in [5, 5.41) is 3.51. The Morgan fingerprint density at radius 1 is 1.13 bits per heavy atom. The normalized spacial score (nSPS) is 11.6. The largest absolute Gasteiger partial charge is 0.484 e. The van der Waals surface area contributed by atoms with Gasteiger partial charge in [-0.15, -0.1) is 0 Å². The quantitative estimate of drug-likeness (QED) is 0.523. The fraction of sp³-hybridized carbons (Fsp3) is 0.417. The molecule has 0 aliphatic heterocycles. The lowest BCUT2D eigenvalue weighted by molar-refractivity contribution is -0.143. The number of hydrogen-bond donors (Lipinski definition) is 1. The van der Waals surface area contributed by atoms with E-state index in [1.807, 2.05) is 56.3 Å². The molecule has 2 aromatic carbocycles. The van der Waals surface area contributed by atoms with Crippen LogP contribution >= 0.6 is 11.6 Å². The van der Waals surface area contributed by atoms with E-state index < -0.39 is 6.04 Å². The Balaban J connectivity index is 2.19. The number of benzene rings is 2. The van der Waals surface area contributed by atoms with Crippen LogP contribution in [0, 0.1) is 6.92 Å². The first-order chi connectivity index (χ1) is 14.5. The number of nitrogens with zero attached hydrogens (tertiary/aromatic N) is 1. The summed E-state index contributed by atoms with van der Waals surface area (Å²) in [6.45, 7) is 6.63. The van der Waals surface area contributed by atoms with Crippen molar-refractivity contribution in [3.63, 3.8) is 0 Å². The number of carbonyl (C=O) groups excluding carboxylic acids is 2. The Morgan fingerprint density at radius 3 is 2.57 bits per heavy atom. The SMILES string of the molecule is CCCCNC(=O)C(CC)N(Cc1ccccc1Cl)C(=O)COc1cccc(C)c1. The molecular weight excluding hydrogens is 400 g/mol. The molecule has 2 amide bonds. The van der Waals surface area contributed by atoms with Gasteiger partial charge in [-0.2, -0.15) is 0 Å². The van der Waals surface area contributed by atoms with Crippen molar-refractivity contribution in [2.24, 2.45) is 0 Å². The van der Waals surface area contributed by atoms with Crippen molar-refractivity contribution in [1.29, 1.82) is 0 Å². The molecule has 0 saturated carbocycles. The average molecular weight is 431 g/mol. The second kappa shape index (κ2) is 12.2. The lowest BCUT2D eigenvalue weighted by Gasteiger charge is -2.31. The molecule has 2 aromatic rings. The summed E-state index contributed by atoms with van der Waals surface area (Å²) in [6.07, 6.45) is 2.39. The van der Waals surface area contributed by atoms with Crippen molar-refractivity contribution in [3.05, 3.63) is 64.7 Å². The van der Waals surface area contributed by atoms with Crippen LogP contribution in [-0.2, 0) is 16.1 Å². The van der Waals surface area contributed by atoms with Gasteiger partial charge in [0, 0.05) is 18.1 Å². The van der Waals surface area contributed by atoms with Crippen LogP contribution in [0.5, 0.6) is 5.75 Å². The molecule has 1 atom stereocenters. The highest BCUT2D eigenvalue weighted by molar-refractivity contribution is 6.31. The van der Waals surface area contributed by atoms with Crippen molar-refractivity contribution in [2.75, 3.05) is 13.2 Å². The van der Waals surface area contributed by atoms with Gasteiger partial charge in [0.25, 0.3) is 5.91 Å². The third-order valence-electron chi connectivity index (χ3n) is 4.87. The van der Waals surface area contributed by atoms with Gasteiger partial charge in [-0.25, -0.2) is 0 Å². The Kier molecular flexibility index (Phi) is 9.68. The van der Waals surface area contributed by atoms with Crippen molar-refractivity contribution >= 4 is 23.4 Å². The fourth-order valence-electron chi connectivity index (χ4n) is 3.17. The molecule has 1 N–H and O–H groups in total. The standard InChI is InChI=1S/C24H31ClN2O3/c1-4-6-14-26-24(29)22(5-2)27(16-19-11-7-8-13-21(19)25)23(28)17-30-20-12-9-10-18(3)15-20/h7-13,15,22H,4-6,14,16-17H2,1-3H3,(H,26,29). The predicted molar refractivity (Wildman–Crippen MR) is 121 cm³/mol. The molecule has 6 heteroatoms. The van der Waals surface area contributed by atoms with E-state index in [-0.39, 0.29) is 25.0 Å². The summed E-state index contributed by atoms with van der Waals surface area (Å²) in [5.74, 6) is 0.220. The molecule has 0 saturated heterocycles. The number of unbranched alkanes of at least 4 members (excludes halogenated alkanes) is 1. The molecule has 0 bridgehead atoms. The van der Waals surface area contributed by atoms with Crippen molar-refractivity contribution in [2.45, 2.75) is 52.6 Å². The Labute approximate surface area is 184 Å². The van der Waals surface area contributed by atoms with Crippen LogP contribution in [0.1, 0.15) is 44.2 Å². The zero-order valence-corrected chi connectivity index (χ0v) is 18.7. The number of hydrogen-bond acceptors (Lipinski definition) is 3. The Morgan fingerprint density at radius 2 is 1.90 bits per heavy atom. The molecule has 162 valence electrons. The molecule has 1 unspecified atom stereocenters. The van der Waals surface area contributed by atoms with Crippen molar-refractivity contribution < 1.29 is 14.3 Å². The van der Waals surface area contributed by atoms with E-state index in [0.717, 1.165) is 24.0 Å². The smallest absolute Gasteiger partial charge is 0.261 e. The van der Waals surface area contributed by atoms with E-state index in [9.17, 15) is 9.59 Å². The minimum Gasteiger partial charge on any atom is -0.484 e. The Hall–Kier alpha value is -2.53. The number of rotatable bonds is 11. The van der Waals surface area contributed by atoms with Crippen LogP contribution in [0.25, 0.3) is 0 Å². The monoisotopic (exact) mass is 430 g/mol. The highest BCUT2D eigenvalue weighted by atomic mass is 35.5. The number of ether oxygens (including phenoxy) is 1. The summed E-state index contributed by atoms with van der Waals surface area (Å²) in [6, 6.07) is 14.3. The van der Waals surface area contributed by atoms with E-state index in [4.69, 9.17) is 16.3 Å². The fourth-order valence-corrected chi connectivity index (χ4v) is 3.36. The van der Waals surface area contributed by atoms with Gasteiger partial charge in [-0.3, -0.25) is 9.59 Å². The van der Waals surface area contributed by atoms with Gasteiger partial charge < -0.3 is 15.0 Å². The molecule has 30 heavy (non-hydrogen) atoms. The number of nitrogens with one attached hydrogen (secondary N) is 1. The maximum absolute atomic E-state index is 13.1. The predicted octanol–water partition coefficient (Wildman–Crippen LogP) is 4.75. The molecule has 0 aliphatic rings. The van der Waals surface area contributed by atoms with Gasteiger partial charge in [0.1, 0.15) is 11.8 Å². The maximum atomic E-state index is 13.1. The second-order valence-corrected chi connectivity index (χ2v) is 7.69. The molecule has 0 radical (unpaired) electrons. The molecule has 0 heterocycles. The summed E-state index contributed by atoms with van der Waals surface area (Å²) in [7, 11) is 0. The highest BCUT2D eigenvalue weighted by Gasteiger charge is 2.29. The third kappa shape index (κ3) is 7.06. The van der Waals surface area contributed by atoms with Gasteiger partial charge in [-0.05, 0) is 49.1 Å². The first kappa shape index (κ1) is 23.7. The van der Waals surface area contributed by atoms with E-state index in [2.05, 4.69) is 12.2 Å². The van der Waals surface area contributed by atoms with E-state index >= 15 is 0 Å². The lowest BCUT2D eigenvalue weighted by atomic mass is 10.1. The van der Waals surface area contributed by atoms with Crippen LogP contribution < -0.4 is 10.1 Å². The number of aryl methyl sites for hydroxylation is 1. The second-order valence-electron chi connectivity index (χ2n) is 7.29. The summed E-state index contributed by atoms with van der Waals surface area (Å²) >= 11 is 6.32. The van der Waals surface area contributed by atoms with Crippen LogP contribution in [0.15, 0.2) is 48.5 Å². The lowest BCUT2D eigenvalue weighted by Crippen LogP contribution is -2.50. The zero-order valence-electron chi connectivity index (χ0n) is 18.0. The molecule has 0 aromatic heterocycles. The van der Waals surface area contributed by atoms with Gasteiger partial charge in [0.05, 0.1) is 0 Å². The number of amides is 2. The molecule has 0 aliphatic carbocycles. The van der Waals surface area contributed by atoms with Crippen LogP contribution in [0.2, 0.25) is 5.02 Å². The summed E-state index contributed by atoms with van der Waals surface area (Å²) in [4.78, 5) is 27.5.